The van der Waals surface area contributed by atoms with Crippen molar-refractivity contribution in [3.05, 3.63) is 72.0 Å². The quantitative estimate of drug-likeness (QED) is 0.254. The number of amides is 1. The van der Waals surface area contributed by atoms with E-state index in [9.17, 15) is 39.6 Å². The van der Waals surface area contributed by atoms with Crippen LogP contribution in [0.3, 0.4) is 0 Å². The van der Waals surface area contributed by atoms with E-state index in [0.29, 0.717) is 31.3 Å². The Morgan fingerprint density at radius 1 is 1.00 bits per heavy atom. The number of likely N-dealkylation sites (N-methyl/N-ethyl adjacent to an activating group) is 1. The molecule has 1 aliphatic heterocycles. The van der Waals surface area contributed by atoms with Crippen molar-refractivity contribution in [2.75, 3.05) is 42.4 Å². The van der Waals surface area contributed by atoms with Crippen LogP contribution in [0.5, 0.6) is 5.75 Å². The Morgan fingerprint density at radius 2 is 1.75 bits per heavy atom. The standard InChI is InChI=1S/C26H23F6N3O4S/c1-33(16-36)7-8-34-9-10-35(40(37,38)22-4-2-3-19(14-22)26(30,31)32)24-13-17(5-6-23(24)34)18-11-20(27)15-21(12-18)39-25(28)29/h2-6,11-16,25H,7-10H2,1H3. The van der Waals surface area contributed by atoms with Gasteiger partial charge in [0.25, 0.3) is 10.0 Å². The smallest absolute Gasteiger partial charge is 0.416 e. The molecule has 0 fully saturated rings. The Morgan fingerprint density at radius 3 is 2.42 bits per heavy atom. The molecule has 214 valence electrons. The molecular weight excluding hydrogens is 564 g/mol. The van der Waals surface area contributed by atoms with E-state index < -0.39 is 44.8 Å². The molecule has 0 saturated heterocycles. The second-order valence-electron chi connectivity index (χ2n) is 8.93. The number of halogens is 6. The minimum absolute atomic E-state index is 0.0792. The molecule has 0 N–H and O–H groups in total. The molecule has 1 amide bonds. The average molecular weight is 588 g/mol. The molecule has 40 heavy (non-hydrogen) atoms. The van der Waals surface area contributed by atoms with Gasteiger partial charge in [0.05, 0.1) is 28.4 Å². The van der Waals surface area contributed by atoms with Crippen molar-refractivity contribution in [1.29, 1.82) is 0 Å². The van der Waals surface area contributed by atoms with Gasteiger partial charge in [0.2, 0.25) is 6.41 Å². The Hall–Kier alpha value is -3.94. The zero-order valence-electron chi connectivity index (χ0n) is 20.9. The van der Waals surface area contributed by atoms with Crippen LogP contribution in [0.15, 0.2) is 65.6 Å². The third-order valence-electron chi connectivity index (χ3n) is 6.24. The zero-order valence-corrected chi connectivity index (χ0v) is 21.7. The van der Waals surface area contributed by atoms with Gasteiger partial charge in [-0.3, -0.25) is 9.10 Å². The first-order chi connectivity index (χ1) is 18.8. The van der Waals surface area contributed by atoms with Crippen LogP contribution in [0.1, 0.15) is 5.56 Å². The van der Waals surface area contributed by atoms with Crippen LogP contribution < -0.4 is 13.9 Å². The number of anilines is 2. The van der Waals surface area contributed by atoms with Crippen molar-refractivity contribution in [3.8, 4) is 16.9 Å². The molecule has 0 saturated carbocycles. The van der Waals surface area contributed by atoms with E-state index in [1.807, 2.05) is 0 Å². The zero-order chi connectivity index (χ0) is 29.2. The lowest BCUT2D eigenvalue weighted by Crippen LogP contribution is -2.46. The number of nitrogens with zero attached hydrogens (tertiary/aromatic N) is 3. The molecule has 0 unspecified atom stereocenters. The van der Waals surface area contributed by atoms with Crippen LogP contribution in [-0.4, -0.2) is 59.6 Å². The number of carbonyl (C=O) groups excluding carboxylic acids is 1. The fourth-order valence-corrected chi connectivity index (χ4v) is 5.80. The van der Waals surface area contributed by atoms with Gasteiger partial charge in [0.15, 0.2) is 0 Å². The lowest BCUT2D eigenvalue weighted by molar-refractivity contribution is -0.137. The maximum absolute atomic E-state index is 14.2. The predicted octanol–water partition coefficient (Wildman–Crippen LogP) is 5.22. The first-order valence-corrected chi connectivity index (χ1v) is 13.2. The van der Waals surface area contributed by atoms with Gasteiger partial charge < -0.3 is 14.5 Å². The SMILES string of the molecule is CN(C=O)CCN1CCN(S(=O)(=O)c2cccc(C(F)(F)F)c2)c2cc(-c3cc(F)cc(OC(F)F)c3)ccc21. The molecule has 0 aliphatic carbocycles. The van der Waals surface area contributed by atoms with Crippen LogP contribution in [0.2, 0.25) is 0 Å². The highest BCUT2D eigenvalue weighted by Gasteiger charge is 2.35. The molecule has 1 aliphatic rings. The second-order valence-corrected chi connectivity index (χ2v) is 10.8. The Balaban J connectivity index is 1.82. The number of benzene rings is 3. The van der Waals surface area contributed by atoms with Gasteiger partial charge in [0.1, 0.15) is 11.6 Å². The summed E-state index contributed by atoms with van der Waals surface area (Å²) in [4.78, 5) is 13.6. The van der Waals surface area contributed by atoms with Gasteiger partial charge in [-0.1, -0.05) is 12.1 Å². The lowest BCUT2D eigenvalue weighted by atomic mass is 10.0. The topological polar surface area (TPSA) is 70.2 Å². The number of carbonyl (C=O) groups is 1. The van der Waals surface area contributed by atoms with Crippen molar-refractivity contribution < 1.29 is 44.3 Å². The van der Waals surface area contributed by atoms with Crippen LogP contribution in [0.25, 0.3) is 11.1 Å². The molecule has 0 atom stereocenters. The molecule has 0 aromatic heterocycles. The molecule has 0 bridgehead atoms. The summed E-state index contributed by atoms with van der Waals surface area (Å²) in [5, 5.41) is 0. The third kappa shape index (κ3) is 6.27. The minimum atomic E-state index is -4.77. The maximum atomic E-state index is 14.2. The number of ether oxygens (including phenoxy) is 1. The summed E-state index contributed by atoms with van der Waals surface area (Å²) in [6.45, 7) is -2.59. The van der Waals surface area contributed by atoms with E-state index in [-0.39, 0.29) is 29.9 Å². The van der Waals surface area contributed by atoms with Crippen molar-refractivity contribution in [2.24, 2.45) is 0 Å². The molecule has 0 spiro atoms. The highest BCUT2D eigenvalue weighted by molar-refractivity contribution is 7.92. The van der Waals surface area contributed by atoms with Crippen molar-refractivity contribution in [3.63, 3.8) is 0 Å². The molecule has 3 aromatic carbocycles. The molecule has 0 radical (unpaired) electrons. The third-order valence-corrected chi connectivity index (χ3v) is 8.05. The van der Waals surface area contributed by atoms with Gasteiger partial charge in [-0.2, -0.15) is 22.0 Å². The Bertz CT molecular complexity index is 1500. The number of hydrogen-bond donors (Lipinski definition) is 0. The van der Waals surface area contributed by atoms with Crippen LogP contribution >= 0.6 is 0 Å². The summed E-state index contributed by atoms with van der Waals surface area (Å²) in [7, 11) is -2.94. The molecular formula is C26H23F6N3O4S. The van der Waals surface area contributed by atoms with Gasteiger partial charge in [-0.05, 0) is 53.6 Å². The van der Waals surface area contributed by atoms with Gasteiger partial charge >= 0.3 is 12.8 Å². The molecule has 4 rings (SSSR count). The summed E-state index contributed by atoms with van der Waals surface area (Å²) in [6, 6.07) is 10.8. The van der Waals surface area contributed by atoms with Crippen molar-refractivity contribution in [1.82, 2.24) is 4.90 Å². The van der Waals surface area contributed by atoms with E-state index in [1.54, 1.807) is 11.9 Å². The average Bonchev–Trinajstić information content (AvgIpc) is 2.89. The minimum Gasteiger partial charge on any atom is -0.435 e. The summed E-state index contributed by atoms with van der Waals surface area (Å²) in [5.41, 5.74) is -0.314. The normalized spacial score (nSPS) is 13.8. The summed E-state index contributed by atoms with van der Waals surface area (Å²) in [5.74, 6) is -1.33. The van der Waals surface area contributed by atoms with Crippen molar-refractivity contribution >= 4 is 27.8 Å². The monoisotopic (exact) mass is 587 g/mol. The highest BCUT2D eigenvalue weighted by atomic mass is 32.2. The van der Waals surface area contributed by atoms with E-state index in [4.69, 9.17) is 0 Å². The van der Waals surface area contributed by atoms with E-state index in [2.05, 4.69) is 4.74 Å². The van der Waals surface area contributed by atoms with E-state index >= 15 is 0 Å². The Labute approximate surface area is 226 Å². The number of fused-ring (bicyclic) bond motifs is 1. The fraction of sp³-hybridized carbons (Fsp3) is 0.269. The van der Waals surface area contributed by atoms with E-state index in [0.717, 1.165) is 40.7 Å². The molecule has 7 nitrogen and oxygen atoms in total. The summed E-state index contributed by atoms with van der Waals surface area (Å²) < 4.78 is 112. The molecule has 3 aromatic rings. The summed E-state index contributed by atoms with van der Waals surface area (Å²) >= 11 is 0. The number of hydrogen-bond acceptors (Lipinski definition) is 5. The molecule has 14 heteroatoms. The molecule has 1 heterocycles. The Kier molecular flexibility index (Phi) is 8.19. The van der Waals surface area contributed by atoms with Crippen LogP contribution in [-0.2, 0) is 21.0 Å². The first kappa shape index (κ1) is 29.1. The van der Waals surface area contributed by atoms with Gasteiger partial charge in [-0.15, -0.1) is 0 Å². The van der Waals surface area contributed by atoms with E-state index in [1.165, 1.54) is 23.1 Å². The fourth-order valence-electron chi connectivity index (χ4n) is 4.30. The number of rotatable bonds is 9. The first-order valence-electron chi connectivity index (χ1n) is 11.8. The van der Waals surface area contributed by atoms with Crippen LogP contribution in [0.4, 0.5) is 37.7 Å². The number of sulfonamides is 1. The van der Waals surface area contributed by atoms with Crippen LogP contribution in [0, 0.1) is 5.82 Å². The predicted molar refractivity (Wildman–Crippen MR) is 135 cm³/mol. The van der Waals surface area contributed by atoms with Gasteiger partial charge in [0, 0.05) is 32.7 Å². The lowest BCUT2D eigenvalue weighted by Gasteiger charge is -2.39. The van der Waals surface area contributed by atoms with Crippen molar-refractivity contribution in [2.45, 2.75) is 17.7 Å². The largest absolute Gasteiger partial charge is 0.435 e. The summed E-state index contributed by atoms with van der Waals surface area (Å²) in [6.07, 6.45) is -4.14. The highest BCUT2D eigenvalue weighted by Crippen LogP contribution is 2.41. The van der Waals surface area contributed by atoms with Gasteiger partial charge in [-0.25, -0.2) is 12.8 Å². The second kappa shape index (κ2) is 11.3. The maximum Gasteiger partial charge on any atom is 0.416 e. The number of alkyl halides is 5.